The third kappa shape index (κ3) is 2.10. The highest BCUT2D eigenvalue weighted by Gasteiger charge is 2.49. The van der Waals surface area contributed by atoms with E-state index in [0.29, 0.717) is 13.0 Å². The summed E-state index contributed by atoms with van der Waals surface area (Å²) in [6.07, 6.45) is -0.120. The minimum Gasteiger partial charge on any atom is -0.442 e. The van der Waals surface area contributed by atoms with E-state index in [1.54, 1.807) is 20.8 Å². The number of rotatable bonds is 0. The number of carbonyl (C=O) groups is 3. The summed E-state index contributed by atoms with van der Waals surface area (Å²) in [6, 6.07) is -1.18. The standard InChI is InChI=1S/C10H15N3O4/c1-10(2,3)17-9(16)13-8(15)11-7(14)6-4-5-12(6)13/h6H,4-5H2,1-3H3,(H,11,14,15). The number of nitrogens with zero attached hydrogens (tertiary/aromatic N) is 2. The van der Waals surface area contributed by atoms with Crippen molar-refractivity contribution in [1.29, 1.82) is 0 Å². The zero-order valence-corrected chi connectivity index (χ0v) is 10.0. The topological polar surface area (TPSA) is 79.0 Å². The van der Waals surface area contributed by atoms with Gasteiger partial charge < -0.3 is 4.74 Å². The molecule has 0 aromatic rings. The molecular weight excluding hydrogens is 226 g/mol. The van der Waals surface area contributed by atoms with Gasteiger partial charge in [0, 0.05) is 6.54 Å². The van der Waals surface area contributed by atoms with Gasteiger partial charge in [0.05, 0.1) is 0 Å². The van der Waals surface area contributed by atoms with Crippen molar-refractivity contribution < 1.29 is 19.1 Å². The zero-order valence-electron chi connectivity index (χ0n) is 10.0. The van der Waals surface area contributed by atoms with E-state index in [1.165, 1.54) is 5.01 Å². The molecule has 2 aliphatic heterocycles. The Labute approximate surface area is 98.6 Å². The molecule has 1 atom stereocenters. The predicted molar refractivity (Wildman–Crippen MR) is 56.7 cm³/mol. The number of hydrazine groups is 1. The number of ether oxygens (including phenoxy) is 1. The lowest BCUT2D eigenvalue weighted by atomic mass is 10.0. The monoisotopic (exact) mass is 241 g/mol. The smallest absolute Gasteiger partial charge is 0.433 e. The molecule has 0 aromatic heterocycles. The summed E-state index contributed by atoms with van der Waals surface area (Å²) in [4.78, 5) is 34.8. The van der Waals surface area contributed by atoms with Gasteiger partial charge in [0.2, 0.25) is 5.91 Å². The molecule has 7 nitrogen and oxygen atoms in total. The van der Waals surface area contributed by atoms with Crippen LogP contribution in [0.2, 0.25) is 0 Å². The van der Waals surface area contributed by atoms with Gasteiger partial charge in [0.1, 0.15) is 11.6 Å². The van der Waals surface area contributed by atoms with Gasteiger partial charge in [0.25, 0.3) is 0 Å². The SMILES string of the molecule is CC(C)(C)OC(=O)N1C(=O)NC(=O)C2CCN21. The minimum atomic E-state index is -0.757. The summed E-state index contributed by atoms with van der Waals surface area (Å²) in [7, 11) is 0. The van der Waals surface area contributed by atoms with E-state index in [4.69, 9.17) is 4.74 Å². The lowest BCUT2D eigenvalue weighted by Crippen LogP contribution is -2.72. The maximum Gasteiger partial charge on any atom is 0.433 e. The molecule has 2 rings (SSSR count). The first-order chi connectivity index (χ1) is 7.79. The number of hydrogen-bond donors (Lipinski definition) is 1. The molecule has 0 spiro atoms. The Morgan fingerprint density at radius 2 is 2.06 bits per heavy atom. The fourth-order valence-corrected chi connectivity index (χ4v) is 1.73. The molecule has 2 aliphatic rings. The van der Waals surface area contributed by atoms with Crippen LogP contribution in [0.15, 0.2) is 0 Å². The Bertz CT molecular complexity index is 388. The first kappa shape index (κ1) is 11.8. The van der Waals surface area contributed by atoms with Crippen molar-refractivity contribution in [3.05, 3.63) is 0 Å². The van der Waals surface area contributed by atoms with Gasteiger partial charge in [0.15, 0.2) is 0 Å². The second-order valence-electron chi connectivity index (χ2n) is 5.05. The highest BCUT2D eigenvalue weighted by molar-refractivity contribution is 6.04. The second kappa shape index (κ2) is 3.69. The van der Waals surface area contributed by atoms with Gasteiger partial charge in [-0.2, -0.15) is 10.0 Å². The molecule has 0 aliphatic carbocycles. The Kier molecular flexibility index (Phi) is 2.57. The molecule has 2 heterocycles. The molecule has 0 saturated carbocycles. The van der Waals surface area contributed by atoms with Gasteiger partial charge >= 0.3 is 12.1 Å². The highest BCUT2D eigenvalue weighted by atomic mass is 16.6. The number of nitrogens with one attached hydrogen (secondary N) is 1. The molecule has 2 fully saturated rings. The van der Waals surface area contributed by atoms with Crippen molar-refractivity contribution in [3.8, 4) is 0 Å². The number of hydrogen-bond acceptors (Lipinski definition) is 5. The fraction of sp³-hybridized carbons (Fsp3) is 0.700. The Morgan fingerprint density at radius 3 is 2.53 bits per heavy atom. The summed E-state index contributed by atoms with van der Waals surface area (Å²) in [5.41, 5.74) is -0.681. The molecule has 1 unspecified atom stereocenters. The van der Waals surface area contributed by atoms with Crippen molar-refractivity contribution in [1.82, 2.24) is 15.3 Å². The maximum absolute atomic E-state index is 11.8. The van der Waals surface area contributed by atoms with E-state index < -0.39 is 23.8 Å². The van der Waals surface area contributed by atoms with Crippen molar-refractivity contribution in [2.75, 3.05) is 6.54 Å². The maximum atomic E-state index is 11.8. The first-order valence-corrected chi connectivity index (χ1v) is 5.44. The molecule has 2 saturated heterocycles. The van der Waals surface area contributed by atoms with Crippen molar-refractivity contribution in [2.24, 2.45) is 0 Å². The average Bonchev–Trinajstić information content (AvgIpc) is 2.05. The van der Waals surface area contributed by atoms with E-state index in [-0.39, 0.29) is 5.91 Å². The molecule has 4 amide bonds. The molecular formula is C10H15N3O4. The van der Waals surface area contributed by atoms with Crippen molar-refractivity contribution in [3.63, 3.8) is 0 Å². The van der Waals surface area contributed by atoms with Crippen LogP contribution in [0.5, 0.6) is 0 Å². The van der Waals surface area contributed by atoms with Crippen LogP contribution in [0.4, 0.5) is 9.59 Å². The summed E-state index contributed by atoms with van der Waals surface area (Å²) in [6.45, 7) is 5.64. The minimum absolute atomic E-state index is 0.360. The first-order valence-electron chi connectivity index (χ1n) is 5.44. The van der Waals surface area contributed by atoms with Crippen LogP contribution < -0.4 is 5.32 Å². The number of imide groups is 2. The predicted octanol–water partition coefficient (Wildman–Crippen LogP) is 0.463. The van der Waals surface area contributed by atoms with Crippen LogP contribution in [-0.4, -0.2) is 46.2 Å². The zero-order chi connectivity index (χ0) is 12.8. The molecule has 94 valence electrons. The van der Waals surface area contributed by atoms with E-state index in [9.17, 15) is 14.4 Å². The summed E-state index contributed by atoms with van der Waals surface area (Å²) >= 11 is 0. The second-order valence-corrected chi connectivity index (χ2v) is 5.05. The van der Waals surface area contributed by atoms with E-state index in [0.717, 1.165) is 5.01 Å². The largest absolute Gasteiger partial charge is 0.442 e. The van der Waals surface area contributed by atoms with Crippen LogP contribution >= 0.6 is 0 Å². The van der Waals surface area contributed by atoms with Gasteiger partial charge in [-0.05, 0) is 27.2 Å². The Hall–Kier alpha value is -1.63. The Morgan fingerprint density at radius 1 is 1.41 bits per heavy atom. The number of urea groups is 1. The summed E-state index contributed by atoms with van der Waals surface area (Å²) in [5, 5.41) is 4.42. The third-order valence-electron chi connectivity index (χ3n) is 2.54. The quantitative estimate of drug-likeness (QED) is 0.666. The van der Waals surface area contributed by atoms with Crippen LogP contribution in [0.3, 0.4) is 0 Å². The van der Waals surface area contributed by atoms with E-state index >= 15 is 0 Å². The average molecular weight is 241 g/mol. The van der Waals surface area contributed by atoms with Gasteiger partial charge in [-0.3, -0.25) is 10.1 Å². The van der Waals surface area contributed by atoms with Crippen molar-refractivity contribution in [2.45, 2.75) is 38.8 Å². The molecule has 7 heteroatoms. The molecule has 17 heavy (non-hydrogen) atoms. The normalized spacial score (nSPS) is 24.9. The number of fused-ring (bicyclic) bond motifs is 1. The van der Waals surface area contributed by atoms with Crippen LogP contribution in [0, 0.1) is 0 Å². The number of carbonyl (C=O) groups excluding carboxylic acids is 3. The third-order valence-corrected chi connectivity index (χ3v) is 2.54. The van der Waals surface area contributed by atoms with Gasteiger partial charge in [-0.15, -0.1) is 0 Å². The van der Waals surface area contributed by atoms with Crippen molar-refractivity contribution >= 4 is 18.0 Å². The van der Waals surface area contributed by atoms with E-state index in [1.807, 2.05) is 0 Å². The molecule has 0 bridgehead atoms. The fourth-order valence-electron chi connectivity index (χ4n) is 1.73. The summed E-state index contributed by atoms with van der Waals surface area (Å²) in [5.74, 6) is -0.360. The number of amides is 4. The van der Waals surface area contributed by atoms with Gasteiger partial charge in [-0.1, -0.05) is 0 Å². The lowest BCUT2D eigenvalue weighted by molar-refractivity contribution is -0.150. The van der Waals surface area contributed by atoms with Crippen LogP contribution in [0.1, 0.15) is 27.2 Å². The van der Waals surface area contributed by atoms with Crippen LogP contribution in [0.25, 0.3) is 0 Å². The Balaban J connectivity index is 2.12. The highest BCUT2D eigenvalue weighted by Crippen LogP contribution is 2.25. The van der Waals surface area contributed by atoms with E-state index in [2.05, 4.69) is 5.32 Å². The molecule has 0 radical (unpaired) electrons. The molecule has 1 N–H and O–H groups in total. The lowest BCUT2D eigenvalue weighted by Gasteiger charge is -2.47. The molecule has 0 aromatic carbocycles. The summed E-state index contributed by atoms with van der Waals surface area (Å²) < 4.78 is 5.11. The van der Waals surface area contributed by atoms with Gasteiger partial charge in [-0.25, -0.2) is 9.59 Å². The van der Waals surface area contributed by atoms with Crippen LogP contribution in [-0.2, 0) is 9.53 Å².